The average Bonchev–Trinajstić information content (AvgIpc) is 2.72. The van der Waals surface area contributed by atoms with Gasteiger partial charge in [0.25, 0.3) is 0 Å². The molecule has 14 heavy (non-hydrogen) atoms. The van der Waals surface area contributed by atoms with Crippen LogP contribution in [0.5, 0.6) is 0 Å². The maximum absolute atomic E-state index is 5.70. The van der Waals surface area contributed by atoms with Gasteiger partial charge in [0.1, 0.15) is 0 Å². The van der Waals surface area contributed by atoms with Crippen LogP contribution in [0.3, 0.4) is 0 Å². The molecule has 4 nitrogen and oxygen atoms in total. The van der Waals surface area contributed by atoms with Crippen molar-refractivity contribution in [3.8, 4) is 0 Å². The van der Waals surface area contributed by atoms with Gasteiger partial charge in [0.15, 0.2) is 8.81 Å². The quantitative estimate of drug-likeness (QED) is 0.863. The van der Waals surface area contributed by atoms with E-state index in [-0.39, 0.29) is 0 Å². The number of hydrogen-bond donors (Lipinski definition) is 1. The van der Waals surface area contributed by atoms with Gasteiger partial charge < -0.3 is 5.73 Å². The third kappa shape index (κ3) is 2.57. The van der Waals surface area contributed by atoms with Gasteiger partial charge in [-0.05, 0) is 0 Å². The molecule has 0 spiro atoms. The number of thioether (sulfide) groups is 1. The Morgan fingerprint density at radius 1 is 1.43 bits per heavy atom. The SMILES string of the molecule is Nc1nnc(SCc2cnc(Cl)s2)s1. The Balaban J connectivity index is 1.94. The fourth-order valence-corrected chi connectivity index (χ4v) is 3.40. The molecule has 0 unspecified atom stereocenters. The molecular weight excluding hydrogens is 260 g/mol. The highest BCUT2D eigenvalue weighted by atomic mass is 35.5. The highest BCUT2D eigenvalue weighted by Gasteiger charge is 2.04. The lowest BCUT2D eigenvalue weighted by Crippen LogP contribution is -1.79. The predicted octanol–water partition coefficient (Wildman–Crippen LogP) is 2.52. The van der Waals surface area contributed by atoms with Gasteiger partial charge in [-0.1, -0.05) is 34.7 Å². The van der Waals surface area contributed by atoms with Crippen LogP contribution in [0.25, 0.3) is 0 Å². The zero-order valence-electron chi connectivity index (χ0n) is 6.81. The van der Waals surface area contributed by atoms with Crippen LogP contribution < -0.4 is 5.73 Å². The summed E-state index contributed by atoms with van der Waals surface area (Å²) in [6.07, 6.45) is 1.77. The predicted molar refractivity (Wildman–Crippen MR) is 61.0 cm³/mol. The minimum atomic E-state index is 0.495. The molecule has 0 aliphatic rings. The Morgan fingerprint density at radius 3 is 2.86 bits per heavy atom. The van der Waals surface area contributed by atoms with Crippen LogP contribution in [0.15, 0.2) is 10.5 Å². The monoisotopic (exact) mass is 264 g/mol. The molecule has 0 amide bonds. The first-order chi connectivity index (χ1) is 6.74. The van der Waals surface area contributed by atoms with E-state index in [9.17, 15) is 0 Å². The van der Waals surface area contributed by atoms with E-state index in [4.69, 9.17) is 17.3 Å². The average molecular weight is 265 g/mol. The highest BCUT2D eigenvalue weighted by Crippen LogP contribution is 2.29. The van der Waals surface area contributed by atoms with Crippen LogP contribution in [-0.2, 0) is 5.75 Å². The number of anilines is 1. The number of thiazole rings is 1. The number of nitrogens with two attached hydrogens (primary N) is 1. The van der Waals surface area contributed by atoms with Gasteiger partial charge in [-0.3, -0.25) is 0 Å². The van der Waals surface area contributed by atoms with Crippen molar-refractivity contribution in [1.82, 2.24) is 15.2 Å². The molecule has 0 bridgehead atoms. The number of hydrogen-bond acceptors (Lipinski definition) is 7. The van der Waals surface area contributed by atoms with Crippen molar-refractivity contribution in [2.75, 3.05) is 5.73 Å². The van der Waals surface area contributed by atoms with Crippen LogP contribution in [-0.4, -0.2) is 15.2 Å². The smallest absolute Gasteiger partial charge is 0.203 e. The number of nitrogen functional groups attached to an aromatic ring is 1. The summed E-state index contributed by atoms with van der Waals surface area (Å²) in [5.74, 6) is 0.805. The summed E-state index contributed by atoms with van der Waals surface area (Å²) < 4.78 is 1.43. The maximum atomic E-state index is 5.70. The Morgan fingerprint density at radius 2 is 2.29 bits per heavy atom. The van der Waals surface area contributed by atoms with Crippen molar-refractivity contribution < 1.29 is 0 Å². The van der Waals surface area contributed by atoms with Crippen molar-refractivity contribution in [3.63, 3.8) is 0 Å². The van der Waals surface area contributed by atoms with Crippen LogP contribution in [0.2, 0.25) is 4.47 Å². The molecule has 2 heterocycles. The molecule has 0 fully saturated rings. The first-order valence-electron chi connectivity index (χ1n) is 3.56. The maximum Gasteiger partial charge on any atom is 0.203 e. The van der Waals surface area contributed by atoms with Crippen molar-refractivity contribution in [2.24, 2.45) is 0 Å². The molecule has 8 heteroatoms. The number of aromatic nitrogens is 3. The molecule has 74 valence electrons. The highest BCUT2D eigenvalue weighted by molar-refractivity contribution is 8.00. The summed E-state index contributed by atoms with van der Waals surface area (Å²) in [6.45, 7) is 0. The molecule has 0 aliphatic heterocycles. The third-order valence-electron chi connectivity index (χ3n) is 1.29. The molecule has 0 aliphatic carbocycles. The van der Waals surface area contributed by atoms with Crippen LogP contribution >= 0.6 is 46.0 Å². The number of rotatable bonds is 3. The summed E-state index contributed by atoms with van der Waals surface area (Å²) >= 11 is 10.1. The summed E-state index contributed by atoms with van der Waals surface area (Å²) in [6, 6.07) is 0. The third-order valence-corrected chi connectivity index (χ3v) is 4.52. The molecule has 2 aromatic rings. The Bertz CT molecular complexity index is 386. The molecule has 0 radical (unpaired) electrons. The van der Waals surface area contributed by atoms with E-state index in [1.807, 2.05) is 0 Å². The van der Waals surface area contributed by atoms with E-state index in [2.05, 4.69) is 15.2 Å². The second-order valence-corrected chi connectivity index (χ2v) is 6.20. The normalized spacial score (nSPS) is 10.6. The Hall–Kier alpha value is -0.370. The van der Waals surface area contributed by atoms with Gasteiger partial charge >= 0.3 is 0 Å². The number of nitrogens with zero attached hydrogens (tertiary/aromatic N) is 3. The molecule has 2 rings (SSSR count). The summed E-state index contributed by atoms with van der Waals surface area (Å²) in [5.41, 5.74) is 5.45. The zero-order chi connectivity index (χ0) is 9.97. The lowest BCUT2D eigenvalue weighted by atomic mass is 10.6. The van der Waals surface area contributed by atoms with Crippen LogP contribution in [0.1, 0.15) is 4.88 Å². The lowest BCUT2D eigenvalue weighted by molar-refractivity contribution is 1.02. The number of halogens is 1. The Labute approximate surface area is 97.5 Å². The van der Waals surface area contributed by atoms with E-state index in [1.54, 1.807) is 18.0 Å². The van der Waals surface area contributed by atoms with Gasteiger partial charge in [-0.25, -0.2) is 4.98 Å². The van der Waals surface area contributed by atoms with Crippen LogP contribution in [0.4, 0.5) is 5.13 Å². The first-order valence-corrected chi connectivity index (χ1v) is 6.55. The van der Waals surface area contributed by atoms with Crippen molar-refractivity contribution in [1.29, 1.82) is 0 Å². The van der Waals surface area contributed by atoms with Crippen molar-refractivity contribution in [3.05, 3.63) is 15.5 Å². The van der Waals surface area contributed by atoms with Crippen molar-refractivity contribution >= 4 is 51.2 Å². The molecule has 0 saturated carbocycles. The molecule has 2 N–H and O–H groups in total. The molecule has 0 atom stereocenters. The van der Waals surface area contributed by atoms with Gasteiger partial charge in [-0.2, -0.15) is 0 Å². The zero-order valence-corrected chi connectivity index (χ0v) is 10.0. The van der Waals surface area contributed by atoms with E-state index in [0.29, 0.717) is 9.60 Å². The first kappa shape index (κ1) is 10.2. The largest absolute Gasteiger partial charge is 0.374 e. The fraction of sp³-hybridized carbons (Fsp3) is 0.167. The minimum absolute atomic E-state index is 0.495. The van der Waals surface area contributed by atoms with Gasteiger partial charge in [-0.15, -0.1) is 21.5 Å². The van der Waals surface area contributed by atoms with E-state index in [0.717, 1.165) is 15.0 Å². The summed E-state index contributed by atoms with van der Waals surface area (Å²) in [5, 5.41) is 8.11. The van der Waals surface area contributed by atoms with Gasteiger partial charge in [0.05, 0.1) is 0 Å². The van der Waals surface area contributed by atoms with Gasteiger partial charge in [0.2, 0.25) is 5.13 Å². The van der Waals surface area contributed by atoms with Gasteiger partial charge in [0, 0.05) is 16.8 Å². The molecule has 0 saturated heterocycles. The Kier molecular flexibility index (Phi) is 3.22. The van der Waals surface area contributed by atoms with E-state index in [1.165, 1.54) is 22.7 Å². The second-order valence-electron chi connectivity index (χ2n) is 2.27. The standard InChI is InChI=1S/C6H5ClN4S3/c7-4-9-1-3(13-4)2-12-6-11-10-5(8)14-6/h1H,2H2,(H2,8,10). The van der Waals surface area contributed by atoms with Crippen molar-refractivity contribution in [2.45, 2.75) is 10.1 Å². The second kappa shape index (κ2) is 4.43. The molecule has 2 aromatic heterocycles. The van der Waals surface area contributed by atoms with Crippen LogP contribution in [0, 0.1) is 0 Å². The topological polar surface area (TPSA) is 64.7 Å². The fourth-order valence-electron chi connectivity index (χ4n) is 0.762. The summed E-state index contributed by atoms with van der Waals surface area (Å²) in [7, 11) is 0. The molecule has 0 aromatic carbocycles. The minimum Gasteiger partial charge on any atom is -0.374 e. The van der Waals surface area contributed by atoms with E-state index >= 15 is 0 Å². The van der Waals surface area contributed by atoms with E-state index < -0.39 is 0 Å². The summed E-state index contributed by atoms with van der Waals surface area (Å²) in [4.78, 5) is 5.07. The lowest BCUT2D eigenvalue weighted by Gasteiger charge is -1.90. The molecular formula is C6H5ClN4S3.